The first-order valence-electron chi connectivity index (χ1n) is 6.64. The summed E-state index contributed by atoms with van der Waals surface area (Å²) in [6.07, 6.45) is 3.71. The van der Waals surface area contributed by atoms with Crippen molar-refractivity contribution in [2.45, 2.75) is 38.8 Å². The molecule has 1 aliphatic carbocycles. The van der Waals surface area contributed by atoms with Gasteiger partial charge in [-0.15, -0.1) is 11.3 Å². The van der Waals surface area contributed by atoms with Crippen molar-refractivity contribution in [2.75, 3.05) is 0 Å². The zero-order valence-electron chi connectivity index (χ0n) is 11.2. The van der Waals surface area contributed by atoms with E-state index in [4.69, 9.17) is 11.6 Å². The van der Waals surface area contributed by atoms with Crippen LogP contribution >= 0.6 is 22.9 Å². The van der Waals surface area contributed by atoms with E-state index in [1.807, 2.05) is 25.3 Å². The van der Waals surface area contributed by atoms with E-state index in [1.165, 1.54) is 29.7 Å². The fraction of sp³-hybridized carbons (Fsp3) is 0.500. The second kappa shape index (κ2) is 5.27. The predicted octanol–water partition coefficient (Wildman–Crippen LogP) is 3.61. The minimum absolute atomic E-state index is 0.464. The first kappa shape index (κ1) is 13.2. The van der Waals surface area contributed by atoms with Crippen LogP contribution in [0.1, 0.15) is 40.6 Å². The topological polar surface area (TPSA) is 29.9 Å². The van der Waals surface area contributed by atoms with Gasteiger partial charge in [0.05, 0.1) is 5.69 Å². The van der Waals surface area contributed by atoms with E-state index in [2.05, 4.69) is 21.9 Å². The normalized spacial score (nSPS) is 18.6. The van der Waals surface area contributed by atoms with Gasteiger partial charge in [-0.3, -0.25) is 4.68 Å². The molecular weight excluding hydrogens is 278 g/mol. The molecule has 0 saturated heterocycles. The summed E-state index contributed by atoms with van der Waals surface area (Å²) in [5.74, 6) is 0. The first-order valence-corrected chi connectivity index (χ1v) is 7.90. The molecule has 2 heterocycles. The molecule has 0 radical (unpaired) electrons. The molecule has 102 valence electrons. The maximum Gasteiger partial charge on any atom is 0.131 e. The van der Waals surface area contributed by atoms with E-state index < -0.39 is 0 Å². The zero-order chi connectivity index (χ0) is 13.4. The Morgan fingerprint density at radius 3 is 3.16 bits per heavy atom. The van der Waals surface area contributed by atoms with E-state index >= 15 is 0 Å². The maximum atomic E-state index is 6.27. The largest absolute Gasteiger partial charge is 0.306 e. The van der Waals surface area contributed by atoms with Crippen molar-refractivity contribution in [3.8, 4) is 0 Å². The Morgan fingerprint density at radius 2 is 2.42 bits per heavy atom. The Bertz CT molecular complexity index is 588. The molecule has 0 amide bonds. The van der Waals surface area contributed by atoms with Crippen molar-refractivity contribution in [2.24, 2.45) is 7.05 Å². The number of thiophene rings is 1. The Kier molecular flexibility index (Phi) is 3.65. The second-order valence-corrected chi connectivity index (χ2v) is 6.46. The number of rotatable bonds is 3. The zero-order valence-corrected chi connectivity index (χ0v) is 12.8. The van der Waals surface area contributed by atoms with Crippen LogP contribution in [0.3, 0.4) is 0 Å². The molecule has 0 saturated carbocycles. The Labute approximate surface area is 122 Å². The number of aryl methyl sites for hydroxylation is 3. The van der Waals surface area contributed by atoms with E-state index in [0.717, 1.165) is 23.0 Å². The van der Waals surface area contributed by atoms with Crippen molar-refractivity contribution in [1.29, 1.82) is 0 Å². The van der Waals surface area contributed by atoms with Gasteiger partial charge in [0.1, 0.15) is 5.15 Å². The molecule has 0 aliphatic heterocycles. The van der Waals surface area contributed by atoms with Gasteiger partial charge in [0.25, 0.3) is 0 Å². The van der Waals surface area contributed by atoms with Gasteiger partial charge in [-0.25, -0.2) is 0 Å². The lowest BCUT2D eigenvalue weighted by Crippen LogP contribution is -2.24. The van der Waals surface area contributed by atoms with Crippen molar-refractivity contribution in [3.05, 3.63) is 38.3 Å². The SMILES string of the molecule is Cc1nn(C)c(Cl)c1CNC1CCCc2sccc21. The van der Waals surface area contributed by atoms with Crippen molar-refractivity contribution in [1.82, 2.24) is 15.1 Å². The maximum absolute atomic E-state index is 6.27. The van der Waals surface area contributed by atoms with Crippen molar-refractivity contribution >= 4 is 22.9 Å². The Morgan fingerprint density at radius 1 is 1.58 bits per heavy atom. The first-order chi connectivity index (χ1) is 9.16. The third kappa shape index (κ3) is 2.45. The van der Waals surface area contributed by atoms with Gasteiger partial charge >= 0.3 is 0 Å². The summed E-state index contributed by atoms with van der Waals surface area (Å²) in [5, 5.41) is 10.9. The summed E-state index contributed by atoms with van der Waals surface area (Å²) >= 11 is 8.15. The van der Waals surface area contributed by atoms with Gasteiger partial charge < -0.3 is 5.32 Å². The van der Waals surface area contributed by atoms with Crippen LogP contribution in [-0.4, -0.2) is 9.78 Å². The van der Waals surface area contributed by atoms with Crippen LogP contribution in [0.25, 0.3) is 0 Å². The number of nitrogens with zero attached hydrogens (tertiary/aromatic N) is 2. The number of halogens is 1. The Hall–Kier alpha value is -0.840. The minimum atomic E-state index is 0.464. The number of aromatic nitrogens is 2. The fourth-order valence-electron chi connectivity index (χ4n) is 2.80. The van der Waals surface area contributed by atoms with Gasteiger partial charge in [0.2, 0.25) is 0 Å². The third-order valence-electron chi connectivity index (χ3n) is 3.85. The number of nitrogens with one attached hydrogen (secondary N) is 1. The fourth-order valence-corrected chi connectivity index (χ4v) is 4.03. The van der Waals surface area contributed by atoms with Gasteiger partial charge in [0, 0.05) is 30.1 Å². The third-order valence-corrected chi connectivity index (χ3v) is 5.32. The van der Waals surface area contributed by atoms with Gasteiger partial charge in [-0.1, -0.05) is 11.6 Å². The molecule has 0 fully saturated rings. The molecule has 0 bridgehead atoms. The summed E-state index contributed by atoms with van der Waals surface area (Å²) in [6, 6.07) is 2.72. The molecule has 0 aromatic carbocycles. The summed E-state index contributed by atoms with van der Waals surface area (Å²) in [7, 11) is 1.89. The van der Waals surface area contributed by atoms with Crippen LogP contribution < -0.4 is 5.32 Å². The molecule has 3 nitrogen and oxygen atoms in total. The molecule has 1 N–H and O–H groups in total. The smallest absolute Gasteiger partial charge is 0.131 e. The number of hydrogen-bond donors (Lipinski definition) is 1. The lowest BCUT2D eigenvalue weighted by Gasteiger charge is -2.23. The summed E-state index contributed by atoms with van der Waals surface area (Å²) in [6.45, 7) is 2.80. The van der Waals surface area contributed by atoms with Crippen LogP contribution in [0.5, 0.6) is 0 Å². The van der Waals surface area contributed by atoms with Crippen LogP contribution in [0, 0.1) is 6.92 Å². The van der Waals surface area contributed by atoms with Crippen LogP contribution in [0.15, 0.2) is 11.4 Å². The quantitative estimate of drug-likeness (QED) is 0.937. The van der Waals surface area contributed by atoms with Crippen LogP contribution in [-0.2, 0) is 20.0 Å². The van der Waals surface area contributed by atoms with E-state index in [0.29, 0.717) is 6.04 Å². The highest BCUT2D eigenvalue weighted by Crippen LogP contribution is 2.33. The van der Waals surface area contributed by atoms with Crippen molar-refractivity contribution < 1.29 is 0 Å². The van der Waals surface area contributed by atoms with Gasteiger partial charge in [0.15, 0.2) is 0 Å². The monoisotopic (exact) mass is 295 g/mol. The standard InChI is InChI=1S/C14H18ClN3S/c1-9-11(14(15)18(2)17-9)8-16-12-4-3-5-13-10(12)6-7-19-13/h6-7,12,16H,3-5,8H2,1-2H3. The lowest BCUT2D eigenvalue weighted by molar-refractivity contribution is 0.462. The molecule has 0 spiro atoms. The van der Waals surface area contributed by atoms with E-state index in [9.17, 15) is 0 Å². The highest BCUT2D eigenvalue weighted by Gasteiger charge is 2.21. The molecule has 3 rings (SSSR count). The summed E-state index contributed by atoms with van der Waals surface area (Å²) < 4.78 is 1.74. The lowest BCUT2D eigenvalue weighted by atomic mass is 9.94. The highest BCUT2D eigenvalue weighted by molar-refractivity contribution is 7.10. The number of hydrogen-bond acceptors (Lipinski definition) is 3. The van der Waals surface area contributed by atoms with E-state index in [1.54, 1.807) is 4.68 Å². The average Bonchev–Trinajstić information content (AvgIpc) is 2.95. The van der Waals surface area contributed by atoms with Gasteiger partial charge in [-0.05, 0) is 43.2 Å². The summed E-state index contributed by atoms with van der Waals surface area (Å²) in [4.78, 5) is 1.54. The average molecular weight is 296 g/mol. The molecule has 19 heavy (non-hydrogen) atoms. The number of fused-ring (bicyclic) bond motifs is 1. The summed E-state index contributed by atoms with van der Waals surface area (Å²) in [5.41, 5.74) is 3.61. The molecule has 2 aromatic rings. The molecule has 2 aromatic heterocycles. The Balaban J connectivity index is 1.74. The van der Waals surface area contributed by atoms with Crippen LogP contribution in [0.2, 0.25) is 5.15 Å². The van der Waals surface area contributed by atoms with E-state index in [-0.39, 0.29) is 0 Å². The molecule has 1 aliphatic rings. The second-order valence-electron chi connectivity index (χ2n) is 5.10. The van der Waals surface area contributed by atoms with Gasteiger partial charge in [-0.2, -0.15) is 5.10 Å². The highest BCUT2D eigenvalue weighted by atomic mass is 35.5. The molecule has 5 heteroatoms. The molecule has 1 atom stereocenters. The van der Waals surface area contributed by atoms with Crippen molar-refractivity contribution in [3.63, 3.8) is 0 Å². The molecule has 1 unspecified atom stereocenters. The minimum Gasteiger partial charge on any atom is -0.306 e. The predicted molar refractivity (Wildman–Crippen MR) is 79.8 cm³/mol. The van der Waals surface area contributed by atoms with Crippen LogP contribution in [0.4, 0.5) is 0 Å². The molecular formula is C14H18ClN3S.